The van der Waals surface area contributed by atoms with E-state index in [-0.39, 0.29) is 17.9 Å². The molecule has 0 atom stereocenters. The van der Waals surface area contributed by atoms with E-state index in [0.717, 1.165) is 5.56 Å². The number of aromatic nitrogens is 2. The van der Waals surface area contributed by atoms with Crippen LogP contribution < -0.4 is 10.1 Å². The van der Waals surface area contributed by atoms with Crippen LogP contribution in [0.4, 0.5) is 14.6 Å². The molecule has 140 valence electrons. The third kappa shape index (κ3) is 4.75. The molecule has 0 aliphatic heterocycles. The van der Waals surface area contributed by atoms with Gasteiger partial charge in [0, 0.05) is 16.1 Å². The van der Waals surface area contributed by atoms with Gasteiger partial charge in [0.15, 0.2) is 0 Å². The van der Waals surface area contributed by atoms with E-state index in [1.54, 1.807) is 30.3 Å². The number of rotatable bonds is 6. The molecule has 2 aromatic carbocycles. The minimum absolute atomic E-state index is 0.0184. The molecule has 0 spiro atoms. The maximum absolute atomic E-state index is 12.5. The highest BCUT2D eigenvalue weighted by Crippen LogP contribution is 2.24. The van der Waals surface area contributed by atoms with E-state index in [0.29, 0.717) is 15.9 Å². The second-order valence-electron chi connectivity index (χ2n) is 5.44. The monoisotopic (exact) mass is 411 g/mol. The number of halogens is 4. The predicted octanol–water partition coefficient (Wildman–Crippen LogP) is 5.09. The van der Waals surface area contributed by atoms with Crippen molar-refractivity contribution < 1.29 is 18.3 Å². The molecule has 0 saturated carbocycles. The van der Waals surface area contributed by atoms with Crippen molar-refractivity contribution in [3.8, 4) is 5.75 Å². The van der Waals surface area contributed by atoms with Gasteiger partial charge in [-0.05, 0) is 29.8 Å². The average Bonchev–Trinajstić information content (AvgIpc) is 3.04. The fourth-order valence-corrected chi connectivity index (χ4v) is 2.88. The van der Waals surface area contributed by atoms with E-state index in [2.05, 4.69) is 15.2 Å². The molecular formula is C18H13Cl2F2N3O2. The van der Waals surface area contributed by atoms with Crippen LogP contribution in [0, 0.1) is 0 Å². The van der Waals surface area contributed by atoms with Gasteiger partial charge in [-0.2, -0.15) is 13.9 Å². The molecular weight excluding hydrogens is 399 g/mol. The Balaban J connectivity index is 1.80. The molecule has 1 N–H and O–H groups in total. The first-order valence-corrected chi connectivity index (χ1v) is 8.50. The van der Waals surface area contributed by atoms with Crippen molar-refractivity contribution >= 4 is 34.9 Å². The Bertz CT molecular complexity index is 963. The summed E-state index contributed by atoms with van der Waals surface area (Å²) in [4.78, 5) is 12.5. The predicted molar refractivity (Wildman–Crippen MR) is 98.8 cm³/mol. The minimum Gasteiger partial charge on any atom is -0.434 e. The second kappa shape index (κ2) is 8.37. The Kier molecular flexibility index (Phi) is 5.93. The molecule has 1 heterocycles. The maximum Gasteiger partial charge on any atom is 0.387 e. The van der Waals surface area contributed by atoms with Gasteiger partial charge in [0.2, 0.25) is 0 Å². The normalized spacial score (nSPS) is 10.9. The molecule has 0 saturated heterocycles. The number of ether oxygens (including phenoxy) is 1. The van der Waals surface area contributed by atoms with Crippen LogP contribution in [-0.4, -0.2) is 22.3 Å². The molecule has 3 rings (SSSR count). The summed E-state index contributed by atoms with van der Waals surface area (Å²) in [5, 5.41) is 7.76. The Morgan fingerprint density at radius 2 is 1.96 bits per heavy atom. The topological polar surface area (TPSA) is 56.2 Å². The number of hydrogen-bond acceptors (Lipinski definition) is 3. The number of anilines is 1. The largest absolute Gasteiger partial charge is 0.434 e. The average molecular weight is 412 g/mol. The number of benzene rings is 2. The standard InChI is InChI=1S/C18H13Cl2F2N3O2/c19-12-6-5-11(14(20)9-12)10-25-16(7-8-23-25)24-17(26)13-3-1-2-4-15(13)27-18(21)22/h1-9,18H,10H2,(H,24,26). The number of carbonyl (C=O) groups is 1. The Labute approximate surface area is 163 Å². The molecule has 0 aliphatic rings. The van der Waals surface area contributed by atoms with E-state index in [9.17, 15) is 13.6 Å². The first kappa shape index (κ1) is 19.1. The van der Waals surface area contributed by atoms with Crippen LogP contribution in [0.3, 0.4) is 0 Å². The zero-order chi connectivity index (χ0) is 19.4. The fraction of sp³-hybridized carbons (Fsp3) is 0.111. The minimum atomic E-state index is -3.03. The van der Waals surface area contributed by atoms with E-state index in [4.69, 9.17) is 23.2 Å². The molecule has 3 aromatic rings. The Morgan fingerprint density at radius 1 is 1.19 bits per heavy atom. The number of nitrogens with one attached hydrogen (secondary N) is 1. The lowest BCUT2D eigenvalue weighted by atomic mass is 10.2. The van der Waals surface area contributed by atoms with Crippen LogP contribution in [0.1, 0.15) is 15.9 Å². The first-order valence-electron chi connectivity index (χ1n) is 7.75. The molecule has 0 bridgehead atoms. The van der Waals surface area contributed by atoms with E-state index < -0.39 is 12.5 Å². The molecule has 27 heavy (non-hydrogen) atoms. The molecule has 1 amide bonds. The van der Waals surface area contributed by atoms with E-state index in [1.165, 1.54) is 29.1 Å². The van der Waals surface area contributed by atoms with Crippen molar-refractivity contribution in [2.24, 2.45) is 0 Å². The lowest BCUT2D eigenvalue weighted by molar-refractivity contribution is -0.0501. The van der Waals surface area contributed by atoms with Gasteiger partial charge >= 0.3 is 6.61 Å². The SMILES string of the molecule is O=C(Nc1ccnn1Cc1ccc(Cl)cc1Cl)c1ccccc1OC(F)F. The zero-order valence-electron chi connectivity index (χ0n) is 13.7. The summed E-state index contributed by atoms with van der Waals surface area (Å²) in [5.41, 5.74) is 0.733. The lowest BCUT2D eigenvalue weighted by Gasteiger charge is -2.12. The summed E-state index contributed by atoms with van der Waals surface area (Å²) in [7, 11) is 0. The highest BCUT2D eigenvalue weighted by atomic mass is 35.5. The Morgan fingerprint density at radius 3 is 2.70 bits per heavy atom. The van der Waals surface area contributed by atoms with Gasteiger partial charge < -0.3 is 10.1 Å². The Hall–Kier alpha value is -2.64. The third-order valence-electron chi connectivity index (χ3n) is 3.64. The number of amides is 1. The van der Waals surface area contributed by atoms with Gasteiger partial charge in [0.05, 0.1) is 18.3 Å². The molecule has 0 unspecified atom stereocenters. The summed E-state index contributed by atoms with van der Waals surface area (Å²) < 4.78 is 31.0. The summed E-state index contributed by atoms with van der Waals surface area (Å²) in [6.45, 7) is -2.75. The molecule has 5 nitrogen and oxygen atoms in total. The van der Waals surface area contributed by atoms with Gasteiger partial charge in [-0.25, -0.2) is 4.68 Å². The number of para-hydroxylation sites is 1. The molecule has 0 fully saturated rings. The fourth-order valence-electron chi connectivity index (χ4n) is 2.41. The van der Waals surface area contributed by atoms with Crippen molar-refractivity contribution in [3.63, 3.8) is 0 Å². The summed E-state index contributed by atoms with van der Waals surface area (Å²) in [6, 6.07) is 12.4. The smallest absolute Gasteiger partial charge is 0.387 e. The third-order valence-corrected chi connectivity index (χ3v) is 4.23. The van der Waals surface area contributed by atoms with Crippen LogP contribution >= 0.6 is 23.2 Å². The first-order chi connectivity index (χ1) is 12.9. The lowest BCUT2D eigenvalue weighted by Crippen LogP contribution is -2.18. The molecule has 1 aromatic heterocycles. The molecule has 9 heteroatoms. The van der Waals surface area contributed by atoms with Crippen molar-refractivity contribution in [3.05, 3.63) is 75.9 Å². The highest BCUT2D eigenvalue weighted by molar-refractivity contribution is 6.35. The maximum atomic E-state index is 12.5. The summed E-state index contributed by atoms with van der Waals surface area (Å²) in [6.07, 6.45) is 1.50. The van der Waals surface area contributed by atoms with Crippen LogP contribution in [0.15, 0.2) is 54.7 Å². The van der Waals surface area contributed by atoms with Gasteiger partial charge in [-0.3, -0.25) is 4.79 Å². The summed E-state index contributed by atoms with van der Waals surface area (Å²) in [5.74, 6) is -0.440. The summed E-state index contributed by atoms with van der Waals surface area (Å²) >= 11 is 12.1. The van der Waals surface area contributed by atoms with Gasteiger partial charge in [-0.15, -0.1) is 0 Å². The second-order valence-corrected chi connectivity index (χ2v) is 6.28. The van der Waals surface area contributed by atoms with Crippen molar-refractivity contribution in [2.45, 2.75) is 13.2 Å². The van der Waals surface area contributed by atoms with Crippen LogP contribution in [0.2, 0.25) is 10.0 Å². The molecule has 0 radical (unpaired) electrons. The van der Waals surface area contributed by atoms with Crippen molar-refractivity contribution in [2.75, 3.05) is 5.32 Å². The number of alkyl halides is 2. The number of nitrogens with zero attached hydrogens (tertiary/aromatic N) is 2. The van der Waals surface area contributed by atoms with Crippen molar-refractivity contribution in [1.82, 2.24) is 9.78 Å². The van der Waals surface area contributed by atoms with Crippen molar-refractivity contribution in [1.29, 1.82) is 0 Å². The zero-order valence-corrected chi connectivity index (χ0v) is 15.2. The number of hydrogen-bond donors (Lipinski definition) is 1. The van der Waals surface area contributed by atoms with Crippen LogP contribution in [0.5, 0.6) is 5.75 Å². The van der Waals surface area contributed by atoms with E-state index >= 15 is 0 Å². The highest BCUT2D eigenvalue weighted by Gasteiger charge is 2.17. The van der Waals surface area contributed by atoms with E-state index in [1.807, 2.05) is 0 Å². The van der Waals surface area contributed by atoms with Crippen LogP contribution in [0.25, 0.3) is 0 Å². The van der Waals surface area contributed by atoms with Crippen LogP contribution in [-0.2, 0) is 6.54 Å². The van der Waals surface area contributed by atoms with Gasteiger partial charge in [0.1, 0.15) is 11.6 Å². The van der Waals surface area contributed by atoms with Gasteiger partial charge in [0.25, 0.3) is 5.91 Å². The number of carbonyl (C=O) groups excluding carboxylic acids is 1. The molecule has 0 aliphatic carbocycles. The van der Waals surface area contributed by atoms with Gasteiger partial charge in [-0.1, -0.05) is 41.4 Å². The quantitative estimate of drug-likeness (QED) is 0.614.